The lowest BCUT2D eigenvalue weighted by Crippen LogP contribution is -2.40. The predicted molar refractivity (Wildman–Crippen MR) is 152 cm³/mol. The monoisotopic (exact) mass is 541 g/mol. The summed E-state index contributed by atoms with van der Waals surface area (Å²) in [6.45, 7) is 8.74. The topological polar surface area (TPSA) is 136 Å². The lowest BCUT2D eigenvalue weighted by atomic mass is 9.97. The quantitative estimate of drug-likeness (QED) is 0.123. The Morgan fingerprint density at radius 2 is 1.73 bits per heavy atom. The van der Waals surface area contributed by atoms with Crippen molar-refractivity contribution in [3.63, 3.8) is 0 Å². The number of carbonyl (C=O) groups excluding carboxylic acids is 3. The normalized spacial score (nSPS) is 13.0. The van der Waals surface area contributed by atoms with E-state index in [1.807, 2.05) is 30.3 Å². The molecule has 1 fully saturated rings. The number of carboxylic acids is 1. The highest BCUT2D eigenvalue weighted by Crippen LogP contribution is 2.29. The summed E-state index contributed by atoms with van der Waals surface area (Å²) < 4.78 is 0. The number of para-hydroxylation sites is 1. The number of Topliss-reactive ketones (excluding diaryl/α,β-unsaturated/α-hetero) is 1. The predicted octanol–water partition coefficient (Wildman–Crippen LogP) is 5.07. The van der Waals surface area contributed by atoms with Crippen molar-refractivity contribution < 1.29 is 24.3 Å². The summed E-state index contributed by atoms with van der Waals surface area (Å²) in [5.74, 6) is -2.06. The fourth-order valence-corrected chi connectivity index (χ4v) is 4.81. The van der Waals surface area contributed by atoms with E-state index in [2.05, 4.69) is 20.5 Å². The summed E-state index contributed by atoms with van der Waals surface area (Å²) in [5, 5.41) is 14.7. The first-order valence-corrected chi connectivity index (χ1v) is 13.2. The van der Waals surface area contributed by atoms with E-state index in [9.17, 15) is 19.2 Å². The Balaban J connectivity index is 1.37. The lowest BCUT2D eigenvalue weighted by Gasteiger charge is -2.28. The third kappa shape index (κ3) is 6.74. The number of carbonyl (C=O) groups is 4. The molecule has 10 nitrogen and oxygen atoms in total. The van der Waals surface area contributed by atoms with Gasteiger partial charge < -0.3 is 25.6 Å². The molecular formula is C30H31N5O5. The van der Waals surface area contributed by atoms with Gasteiger partial charge in [0.1, 0.15) is 0 Å². The summed E-state index contributed by atoms with van der Waals surface area (Å²) in [5.41, 5.74) is 3.68. The van der Waals surface area contributed by atoms with Crippen molar-refractivity contribution in [1.82, 2.24) is 15.2 Å². The van der Waals surface area contributed by atoms with E-state index < -0.39 is 23.7 Å². The Labute approximate surface area is 231 Å². The van der Waals surface area contributed by atoms with Crippen molar-refractivity contribution in [3.05, 3.63) is 82.8 Å². The van der Waals surface area contributed by atoms with Gasteiger partial charge in [0, 0.05) is 37.6 Å². The second-order valence-corrected chi connectivity index (χ2v) is 9.57. The molecule has 0 saturated carbocycles. The van der Waals surface area contributed by atoms with E-state index in [1.54, 1.807) is 18.2 Å². The van der Waals surface area contributed by atoms with Gasteiger partial charge in [-0.3, -0.25) is 14.4 Å². The summed E-state index contributed by atoms with van der Waals surface area (Å²) >= 11 is 0. The van der Waals surface area contributed by atoms with Crippen LogP contribution in [0.15, 0.2) is 60.3 Å². The van der Waals surface area contributed by atoms with Crippen LogP contribution in [-0.4, -0.2) is 58.3 Å². The van der Waals surface area contributed by atoms with Crippen LogP contribution in [0.3, 0.4) is 0 Å². The number of benzene rings is 2. The summed E-state index contributed by atoms with van der Waals surface area (Å²) in [4.78, 5) is 57.5. The average molecular weight is 542 g/mol. The first-order valence-electron chi connectivity index (χ1n) is 13.2. The van der Waals surface area contributed by atoms with E-state index in [-0.39, 0.29) is 12.0 Å². The minimum Gasteiger partial charge on any atom is -0.481 e. The van der Waals surface area contributed by atoms with Gasteiger partial charge in [0.25, 0.3) is 11.7 Å². The lowest BCUT2D eigenvalue weighted by molar-refractivity contribution is -0.137. The van der Waals surface area contributed by atoms with Crippen molar-refractivity contribution in [1.29, 1.82) is 0 Å². The molecule has 4 rings (SSSR count). The molecule has 0 atom stereocenters. The highest BCUT2D eigenvalue weighted by molar-refractivity contribution is 6.45. The van der Waals surface area contributed by atoms with Crippen LogP contribution in [0.1, 0.15) is 54.4 Å². The van der Waals surface area contributed by atoms with Crippen LogP contribution in [-0.2, 0) is 9.59 Å². The van der Waals surface area contributed by atoms with Crippen molar-refractivity contribution >= 4 is 46.0 Å². The van der Waals surface area contributed by atoms with Crippen molar-refractivity contribution in [2.24, 2.45) is 0 Å². The molecule has 3 aromatic rings. The number of nitrogens with zero attached hydrogens (tertiary/aromatic N) is 2. The molecule has 10 heteroatoms. The fourth-order valence-electron chi connectivity index (χ4n) is 4.81. The van der Waals surface area contributed by atoms with E-state index in [4.69, 9.17) is 11.7 Å². The molecule has 40 heavy (non-hydrogen) atoms. The highest BCUT2D eigenvalue weighted by atomic mass is 16.4. The molecule has 1 saturated heterocycles. The number of hydrogen-bond acceptors (Lipinski definition) is 4. The molecule has 1 aliphatic rings. The molecule has 2 heterocycles. The van der Waals surface area contributed by atoms with Gasteiger partial charge in [-0.15, -0.1) is 0 Å². The number of aliphatic carboxylic acids is 1. The number of likely N-dealkylation sites (tertiary alicyclic amines) is 1. The number of aromatic nitrogens is 1. The standard InChI is InChI=1S/C30H31N5O5/c1-31-26(20-9-4-2-5-10-20)21-14-17-35(18-15-21)29(39)28(38)23-19-33-27-22(23)11-8-12-24(27)34-30(40)32-16-7-3-6-13-25(36)37/h2,4-5,8-12,19,33H,3,6-7,13-18H2,(H,36,37)(H2,32,34,40). The first-order chi connectivity index (χ1) is 19.4. The maximum absolute atomic E-state index is 13.2. The Morgan fingerprint density at radius 3 is 2.42 bits per heavy atom. The Morgan fingerprint density at radius 1 is 0.975 bits per heavy atom. The zero-order valence-electron chi connectivity index (χ0n) is 22.0. The highest BCUT2D eigenvalue weighted by Gasteiger charge is 2.28. The van der Waals surface area contributed by atoms with Gasteiger partial charge in [-0.2, -0.15) is 0 Å². The SMILES string of the molecule is [C-]#[N+]C(=C1CCN(C(=O)C(=O)c2c[nH]c3c(NC(=O)NCCCCCC(=O)O)cccc23)CC1)c1ccccc1. The van der Waals surface area contributed by atoms with E-state index in [0.29, 0.717) is 74.0 Å². The van der Waals surface area contributed by atoms with E-state index in [0.717, 1.165) is 11.1 Å². The number of carboxylic acid groups (broad SMARTS) is 1. The summed E-state index contributed by atoms with van der Waals surface area (Å²) in [6.07, 6.45) is 4.57. The number of fused-ring (bicyclic) bond motifs is 1. The van der Waals surface area contributed by atoms with Crippen molar-refractivity contribution in [3.8, 4) is 0 Å². The Bertz CT molecular complexity index is 1480. The molecule has 1 aromatic heterocycles. The smallest absolute Gasteiger partial charge is 0.319 e. The number of anilines is 1. The van der Waals surface area contributed by atoms with E-state index >= 15 is 0 Å². The number of rotatable bonds is 10. The second-order valence-electron chi connectivity index (χ2n) is 9.57. The van der Waals surface area contributed by atoms with Gasteiger partial charge in [0.15, 0.2) is 5.70 Å². The van der Waals surface area contributed by atoms with Crippen LogP contribution in [0.2, 0.25) is 0 Å². The van der Waals surface area contributed by atoms with Crippen LogP contribution in [0, 0.1) is 6.57 Å². The number of amides is 3. The molecule has 0 radical (unpaired) electrons. The Hall–Kier alpha value is -4.91. The summed E-state index contributed by atoms with van der Waals surface area (Å²) in [7, 11) is 0. The maximum atomic E-state index is 13.2. The van der Waals surface area contributed by atoms with Crippen LogP contribution >= 0.6 is 0 Å². The fraction of sp³-hybridized carbons (Fsp3) is 0.300. The number of unbranched alkanes of at least 4 members (excludes halogenated alkanes) is 2. The zero-order chi connectivity index (χ0) is 28.5. The number of aromatic amines is 1. The molecule has 4 N–H and O–H groups in total. The number of urea groups is 1. The third-order valence-corrected chi connectivity index (χ3v) is 6.90. The van der Waals surface area contributed by atoms with Crippen LogP contribution in [0.4, 0.5) is 10.5 Å². The van der Waals surface area contributed by atoms with Crippen LogP contribution in [0.25, 0.3) is 21.4 Å². The molecule has 1 aliphatic heterocycles. The minimum absolute atomic E-state index is 0.109. The summed E-state index contributed by atoms with van der Waals surface area (Å²) in [6, 6.07) is 14.2. The zero-order valence-corrected chi connectivity index (χ0v) is 22.0. The number of ketones is 1. The van der Waals surface area contributed by atoms with Crippen molar-refractivity contribution in [2.75, 3.05) is 25.0 Å². The number of piperidine rings is 1. The first kappa shape index (κ1) is 28.1. The van der Waals surface area contributed by atoms with Gasteiger partial charge >= 0.3 is 12.0 Å². The number of nitrogens with one attached hydrogen (secondary N) is 3. The molecule has 206 valence electrons. The number of H-pyrrole nitrogens is 1. The van der Waals surface area contributed by atoms with Gasteiger partial charge in [-0.1, -0.05) is 54.5 Å². The Kier molecular flexibility index (Phi) is 9.31. The molecule has 2 aromatic carbocycles. The van der Waals surface area contributed by atoms with Crippen molar-refractivity contribution in [2.45, 2.75) is 38.5 Å². The third-order valence-electron chi connectivity index (χ3n) is 6.90. The molecule has 0 bridgehead atoms. The van der Waals surface area contributed by atoms with Gasteiger partial charge in [0.2, 0.25) is 0 Å². The second kappa shape index (κ2) is 13.2. The van der Waals surface area contributed by atoms with Gasteiger partial charge in [-0.05, 0) is 37.3 Å². The molecule has 0 unspecified atom stereocenters. The van der Waals surface area contributed by atoms with Crippen LogP contribution in [0.5, 0.6) is 0 Å². The molecular weight excluding hydrogens is 510 g/mol. The van der Waals surface area contributed by atoms with Crippen LogP contribution < -0.4 is 10.6 Å². The maximum Gasteiger partial charge on any atom is 0.319 e. The van der Waals surface area contributed by atoms with E-state index in [1.165, 1.54) is 11.1 Å². The van der Waals surface area contributed by atoms with Gasteiger partial charge in [0.05, 0.1) is 23.3 Å². The molecule has 3 amide bonds. The average Bonchev–Trinajstić information content (AvgIpc) is 3.40. The number of hydrogen-bond donors (Lipinski definition) is 4. The van der Waals surface area contributed by atoms with Gasteiger partial charge in [-0.25, -0.2) is 9.64 Å². The molecule has 0 aliphatic carbocycles. The largest absolute Gasteiger partial charge is 0.481 e. The minimum atomic E-state index is -0.833. The molecule has 0 spiro atoms.